The molecule has 166 valence electrons. The monoisotopic (exact) mass is 429 g/mol. The molecule has 2 aromatic rings. The zero-order valence-electron chi connectivity index (χ0n) is 17.4. The molecular formula is C24H28FNO5. The quantitative estimate of drug-likeness (QED) is 0.394. The zero-order valence-corrected chi connectivity index (χ0v) is 17.4. The van der Waals surface area contributed by atoms with E-state index in [4.69, 9.17) is 19.8 Å². The number of ketones is 1. The third-order valence-electron chi connectivity index (χ3n) is 5.30. The van der Waals surface area contributed by atoms with Crippen molar-refractivity contribution in [3.63, 3.8) is 0 Å². The van der Waals surface area contributed by atoms with Crippen LogP contribution in [0.1, 0.15) is 41.6 Å². The number of aryl methyl sites for hydroxylation is 1. The third-order valence-corrected chi connectivity index (χ3v) is 5.30. The van der Waals surface area contributed by atoms with Crippen molar-refractivity contribution in [3.05, 3.63) is 71.5 Å². The van der Waals surface area contributed by atoms with Gasteiger partial charge in [0.1, 0.15) is 5.82 Å². The summed E-state index contributed by atoms with van der Waals surface area (Å²) in [6.45, 7) is 3.09. The summed E-state index contributed by atoms with van der Waals surface area (Å²) >= 11 is 0. The largest absolute Gasteiger partial charge is 0.473 e. The average Bonchev–Trinajstić information content (AvgIpc) is 2.78. The van der Waals surface area contributed by atoms with Crippen LogP contribution in [0.5, 0.6) is 0 Å². The lowest BCUT2D eigenvalue weighted by Crippen LogP contribution is -2.37. The van der Waals surface area contributed by atoms with Crippen molar-refractivity contribution in [3.8, 4) is 0 Å². The number of carbonyl (C=O) groups excluding carboxylic acids is 1. The number of benzene rings is 2. The number of piperidine rings is 1. The van der Waals surface area contributed by atoms with Crippen LogP contribution in [0.4, 0.5) is 4.39 Å². The van der Waals surface area contributed by atoms with Gasteiger partial charge in [-0.15, -0.1) is 0 Å². The van der Waals surface area contributed by atoms with Gasteiger partial charge in [0.05, 0.1) is 0 Å². The number of carbonyl (C=O) groups is 3. The van der Waals surface area contributed by atoms with E-state index in [2.05, 4.69) is 35.2 Å². The van der Waals surface area contributed by atoms with Crippen molar-refractivity contribution >= 4 is 17.7 Å². The highest BCUT2D eigenvalue weighted by Crippen LogP contribution is 2.22. The van der Waals surface area contributed by atoms with Gasteiger partial charge < -0.3 is 15.1 Å². The lowest BCUT2D eigenvalue weighted by molar-refractivity contribution is -0.159. The van der Waals surface area contributed by atoms with Crippen LogP contribution < -0.4 is 0 Å². The highest BCUT2D eigenvalue weighted by atomic mass is 19.1. The number of halogens is 1. The van der Waals surface area contributed by atoms with Crippen molar-refractivity contribution < 1.29 is 29.0 Å². The molecule has 0 radical (unpaired) electrons. The summed E-state index contributed by atoms with van der Waals surface area (Å²) in [4.78, 5) is 33.2. The predicted molar refractivity (Wildman–Crippen MR) is 115 cm³/mol. The van der Waals surface area contributed by atoms with Crippen LogP contribution in [0.25, 0.3) is 0 Å². The first-order valence-corrected chi connectivity index (χ1v) is 10.4. The van der Waals surface area contributed by atoms with Gasteiger partial charge in [-0.05, 0) is 81.6 Å². The summed E-state index contributed by atoms with van der Waals surface area (Å²) in [5.74, 6) is -3.68. The van der Waals surface area contributed by atoms with Crippen LogP contribution in [0.3, 0.4) is 0 Å². The van der Waals surface area contributed by atoms with Gasteiger partial charge in [0.2, 0.25) is 0 Å². The fourth-order valence-corrected chi connectivity index (χ4v) is 3.58. The number of unbranched alkanes of at least 4 members (excludes halogenated alkanes) is 1. The fraction of sp³-hybridized carbons (Fsp3) is 0.375. The standard InChI is InChI=1S/C22H26FNO.C2H2O4/c23-21-11-9-19(10-12-21)22(25)20-13-16-24(17-14-20)15-5-4-8-18-6-2-1-3-7-18;3-1(4)2(5)6/h1-3,6-7,9-12,20H,4-5,8,13-17H2;(H,3,4)(H,5,6). The van der Waals surface area contributed by atoms with E-state index < -0.39 is 11.9 Å². The molecule has 1 aliphatic heterocycles. The number of carboxylic acids is 2. The molecule has 0 amide bonds. The second-order valence-electron chi connectivity index (χ2n) is 7.54. The van der Waals surface area contributed by atoms with Crippen LogP contribution in [0.2, 0.25) is 0 Å². The molecule has 0 spiro atoms. The maximum atomic E-state index is 13.0. The number of likely N-dealkylation sites (tertiary alicyclic amines) is 1. The summed E-state index contributed by atoms with van der Waals surface area (Å²) in [6.07, 6.45) is 5.37. The summed E-state index contributed by atoms with van der Waals surface area (Å²) in [6, 6.07) is 16.6. The number of hydrogen-bond acceptors (Lipinski definition) is 4. The minimum Gasteiger partial charge on any atom is -0.473 e. The Morgan fingerprint density at radius 3 is 2.00 bits per heavy atom. The van der Waals surface area contributed by atoms with Crippen molar-refractivity contribution in [1.29, 1.82) is 0 Å². The van der Waals surface area contributed by atoms with E-state index >= 15 is 0 Å². The van der Waals surface area contributed by atoms with Crippen LogP contribution in [-0.2, 0) is 16.0 Å². The minimum atomic E-state index is -1.82. The number of hydrogen-bond donors (Lipinski definition) is 2. The first-order valence-electron chi connectivity index (χ1n) is 10.4. The normalized spacial score (nSPS) is 14.4. The number of aliphatic carboxylic acids is 2. The molecule has 1 aliphatic rings. The lowest BCUT2D eigenvalue weighted by Gasteiger charge is -2.31. The van der Waals surface area contributed by atoms with Gasteiger partial charge in [0, 0.05) is 11.5 Å². The van der Waals surface area contributed by atoms with Crippen molar-refractivity contribution in [1.82, 2.24) is 4.90 Å². The van der Waals surface area contributed by atoms with Gasteiger partial charge >= 0.3 is 11.9 Å². The average molecular weight is 429 g/mol. The number of Topliss-reactive ketones (excluding diaryl/α,β-unsaturated/α-hetero) is 1. The molecule has 6 nitrogen and oxygen atoms in total. The van der Waals surface area contributed by atoms with Gasteiger partial charge in [-0.25, -0.2) is 14.0 Å². The fourth-order valence-electron chi connectivity index (χ4n) is 3.58. The van der Waals surface area contributed by atoms with Crippen molar-refractivity contribution in [2.75, 3.05) is 19.6 Å². The Labute approximate surface area is 181 Å². The lowest BCUT2D eigenvalue weighted by atomic mass is 9.89. The summed E-state index contributed by atoms with van der Waals surface area (Å²) < 4.78 is 13.0. The molecule has 2 N–H and O–H groups in total. The Morgan fingerprint density at radius 2 is 1.45 bits per heavy atom. The van der Waals surface area contributed by atoms with Crippen LogP contribution in [-0.4, -0.2) is 52.5 Å². The molecule has 0 bridgehead atoms. The third kappa shape index (κ3) is 8.68. The van der Waals surface area contributed by atoms with Crippen LogP contribution >= 0.6 is 0 Å². The van der Waals surface area contributed by atoms with E-state index in [1.165, 1.54) is 30.5 Å². The van der Waals surface area contributed by atoms with Gasteiger partial charge in [-0.1, -0.05) is 30.3 Å². The Bertz CT molecular complexity index is 834. The highest BCUT2D eigenvalue weighted by Gasteiger charge is 2.25. The van der Waals surface area contributed by atoms with Crippen molar-refractivity contribution in [2.45, 2.75) is 32.1 Å². The van der Waals surface area contributed by atoms with Crippen molar-refractivity contribution in [2.24, 2.45) is 5.92 Å². The molecule has 1 heterocycles. The summed E-state index contributed by atoms with van der Waals surface area (Å²) in [5.41, 5.74) is 2.05. The molecule has 3 rings (SSSR count). The van der Waals surface area contributed by atoms with Crippen LogP contribution in [0.15, 0.2) is 54.6 Å². The van der Waals surface area contributed by atoms with E-state index in [1.807, 2.05) is 0 Å². The number of nitrogens with zero attached hydrogens (tertiary/aromatic N) is 1. The SMILES string of the molecule is O=C(O)C(=O)O.O=C(c1ccc(F)cc1)C1CCN(CCCCc2ccccc2)CC1. The summed E-state index contributed by atoms with van der Waals surface area (Å²) in [7, 11) is 0. The number of rotatable bonds is 7. The molecule has 0 unspecified atom stereocenters. The molecular weight excluding hydrogens is 401 g/mol. The maximum absolute atomic E-state index is 13.0. The van der Waals surface area contributed by atoms with Gasteiger partial charge in [0.25, 0.3) is 0 Å². The van der Waals surface area contributed by atoms with Gasteiger partial charge in [-0.3, -0.25) is 4.79 Å². The molecule has 31 heavy (non-hydrogen) atoms. The van der Waals surface area contributed by atoms with Gasteiger partial charge in [0.15, 0.2) is 5.78 Å². The van der Waals surface area contributed by atoms with Gasteiger partial charge in [-0.2, -0.15) is 0 Å². The predicted octanol–water partition coefficient (Wildman–Crippen LogP) is 3.90. The van der Waals surface area contributed by atoms with E-state index in [9.17, 15) is 9.18 Å². The van der Waals surface area contributed by atoms with Crippen LogP contribution in [0, 0.1) is 11.7 Å². The molecule has 1 fully saturated rings. The smallest absolute Gasteiger partial charge is 0.414 e. The first kappa shape index (κ1) is 24.2. The summed E-state index contributed by atoms with van der Waals surface area (Å²) in [5, 5.41) is 14.8. The Balaban J connectivity index is 0.000000501. The molecule has 1 saturated heterocycles. The Kier molecular flexibility index (Phi) is 9.84. The zero-order chi connectivity index (χ0) is 22.6. The van der Waals surface area contributed by atoms with E-state index in [1.54, 1.807) is 12.1 Å². The molecule has 0 saturated carbocycles. The Hall–Kier alpha value is -3.06. The second kappa shape index (κ2) is 12.6. The Morgan fingerprint density at radius 1 is 0.871 bits per heavy atom. The molecule has 7 heteroatoms. The topological polar surface area (TPSA) is 94.9 Å². The number of carboxylic acid groups (broad SMARTS) is 2. The molecule has 0 aliphatic carbocycles. The molecule has 2 aromatic carbocycles. The highest BCUT2D eigenvalue weighted by molar-refractivity contribution is 6.27. The first-order chi connectivity index (χ1) is 14.9. The van der Waals surface area contributed by atoms with E-state index in [0.717, 1.165) is 38.9 Å². The van der Waals surface area contributed by atoms with E-state index in [-0.39, 0.29) is 17.5 Å². The minimum absolute atomic E-state index is 0.0889. The van der Waals surface area contributed by atoms with E-state index in [0.29, 0.717) is 5.56 Å². The maximum Gasteiger partial charge on any atom is 0.414 e. The second-order valence-corrected chi connectivity index (χ2v) is 7.54. The molecule has 0 atom stereocenters. The molecule has 0 aromatic heterocycles.